The normalized spacial score (nSPS) is 19.9. The average Bonchev–Trinajstić information content (AvgIpc) is 3.05. The van der Waals surface area contributed by atoms with Gasteiger partial charge in [0, 0.05) is 30.5 Å². The van der Waals surface area contributed by atoms with E-state index >= 15 is 0 Å². The van der Waals surface area contributed by atoms with Crippen LogP contribution in [0.2, 0.25) is 0 Å². The zero-order chi connectivity index (χ0) is 19.7. The molecule has 28 heavy (non-hydrogen) atoms. The molecule has 0 bridgehead atoms. The minimum absolute atomic E-state index is 0.135. The van der Waals surface area contributed by atoms with Crippen LogP contribution in [-0.4, -0.2) is 30.7 Å². The van der Waals surface area contributed by atoms with Crippen molar-refractivity contribution < 1.29 is 23.8 Å². The number of fused-ring (bicyclic) bond motifs is 2. The number of benzene rings is 2. The van der Waals surface area contributed by atoms with Crippen molar-refractivity contribution in [2.24, 2.45) is 0 Å². The molecule has 146 valence electrons. The van der Waals surface area contributed by atoms with Gasteiger partial charge in [0.2, 0.25) is 0 Å². The van der Waals surface area contributed by atoms with Gasteiger partial charge in [-0.25, -0.2) is 4.79 Å². The van der Waals surface area contributed by atoms with Gasteiger partial charge in [-0.2, -0.15) is 0 Å². The Bertz CT molecular complexity index is 923. The summed E-state index contributed by atoms with van der Waals surface area (Å²) in [5, 5.41) is 2.87. The Morgan fingerprint density at radius 1 is 1.18 bits per heavy atom. The van der Waals surface area contributed by atoms with Crippen LogP contribution < -0.4 is 14.8 Å². The van der Waals surface area contributed by atoms with Gasteiger partial charge in [-0.3, -0.25) is 4.79 Å². The number of rotatable bonds is 5. The van der Waals surface area contributed by atoms with Gasteiger partial charge in [0.15, 0.2) is 6.10 Å². The lowest BCUT2D eigenvalue weighted by Gasteiger charge is -2.24. The Morgan fingerprint density at radius 2 is 2.00 bits per heavy atom. The van der Waals surface area contributed by atoms with Gasteiger partial charge in [-0.15, -0.1) is 0 Å². The third kappa shape index (κ3) is 3.54. The molecule has 0 aliphatic carbocycles. The summed E-state index contributed by atoms with van der Waals surface area (Å²) >= 11 is 0. The van der Waals surface area contributed by atoms with Crippen LogP contribution in [0.15, 0.2) is 36.4 Å². The fourth-order valence-corrected chi connectivity index (χ4v) is 3.68. The highest BCUT2D eigenvalue weighted by molar-refractivity contribution is 5.95. The van der Waals surface area contributed by atoms with E-state index in [0.29, 0.717) is 18.6 Å². The molecule has 0 saturated heterocycles. The fraction of sp³-hybridized carbons (Fsp3) is 0.364. The molecule has 2 aromatic rings. The van der Waals surface area contributed by atoms with E-state index in [1.165, 1.54) is 0 Å². The summed E-state index contributed by atoms with van der Waals surface area (Å²) in [6.45, 7) is 4.76. The van der Waals surface area contributed by atoms with E-state index < -0.39 is 12.1 Å². The Morgan fingerprint density at radius 3 is 2.82 bits per heavy atom. The average molecular weight is 381 g/mol. The molecule has 0 radical (unpaired) electrons. The van der Waals surface area contributed by atoms with Crippen molar-refractivity contribution in [2.75, 3.05) is 6.61 Å². The van der Waals surface area contributed by atoms with Crippen LogP contribution in [0, 0.1) is 0 Å². The smallest absolute Gasteiger partial charge is 0.339 e. The Labute approximate surface area is 163 Å². The monoisotopic (exact) mass is 381 g/mol. The molecule has 6 heteroatoms. The lowest BCUT2D eigenvalue weighted by Crippen LogP contribution is -2.41. The maximum Gasteiger partial charge on any atom is 0.339 e. The van der Waals surface area contributed by atoms with Crippen molar-refractivity contribution in [3.63, 3.8) is 0 Å². The summed E-state index contributed by atoms with van der Waals surface area (Å²) in [5.41, 5.74) is 3.30. The molecule has 2 aliphatic rings. The molecule has 0 saturated carbocycles. The van der Waals surface area contributed by atoms with Gasteiger partial charge in [-0.05, 0) is 37.6 Å². The van der Waals surface area contributed by atoms with Crippen LogP contribution in [0.5, 0.6) is 11.5 Å². The molecule has 2 aromatic carbocycles. The number of carbonyl (C=O) groups is 2. The maximum absolute atomic E-state index is 12.6. The molecule has 4 rings (SSSR count). The Kier molecular flexibility index (Phi) is 4.94. The summed E-state index contributed by atoms with van der Waals surface area (Å²) in [5.74, 6) is 0.792. The highest BCUT2D eigenvalue weighted by Gasteiger charge is 2.31. The summed E-state index contributed by atoms with van der Waals surface area (Å²) in [6.07, 6.45) is 0.524. The third-order valence-corrected chi connectivity index (χ3v) is 5.02. The molecule has 0 fully saturated rings. The fourth-order valence-electron chi connectivity index (χ4n) is 3.68. The molecular weight excluding hydrogens is 358 g/mol. The van der Waals surface area contributed by atoms with Crippen molar-refractivity contribution in [3.8, 4) is 11.5 Å². The number of hydrogen-bond donors (Lipinski definition) is 1. The zero-order valence-corrected chi connectivity index (χ0v) is 16.0. The van der Waals surface area contributed by atoms with Crippen LogP contribution in [0.25, 0.3) is 0 Å². The largest absolute Gasteiger partial charge is 0.494 e. The molecule has 0 spiro atoms. The van der Waals surface area contributed by atoms with Crippen LogP contribution in [0.4, 0.5) is 0 Å². The quantitative estimate of drug-likeness (QED) is 0.807. The van der Waals surface area contributed by atoms with E-state index in [2.05, 4.69) is 5.32 Å². The second-order valence-corrected chi connectivity index (χ2v) is 7.11. The number of esters is 1. The molecular formula is C22H23NO5. The second kappa shape index (κ2) is 7.54. The zero-order valence-electron chi connectivity index (χ0n) is 16.0. The van der Waals surface area contributed by atoms with Crippen molar-refractivity contribution in [2.45, 2.75) is 45.4 Å². The van der Waals surface area contributed by atoms with Crippen LogP contribution in [0.3, 0.4) is 0 Å². The maximum atomic E-state index is 12.6. The van der Waals surface area contributed by atoms with Crippen molar-refractivity contribution in [1.29, 1.82) is 0 Å². The Balaban J connectivity index is 1.47. The molecule has 2 heterocycles. The first-order valence-electron chi connectivity index (χ1n) is 9.57. The topological polar surface area (TPSA) is 73.9 Å². The number of hydrogen-bond acceptors (Lipinski definition) is 5. The predicted molar refractivity (Wildman–Crippen MR) is 103 cm³/mol. The first-order chi connectivity index (χ1) is 13.5. The van der Waals surface area contributed by atoms with E-state index in [1.807, 2.05) is 38.1 Å². The summed E-state index contributed by atoms with van der Waals surface area (Å²) in [6, 6.07) is 11.1. The second-order valence-electron chi connectivity index (χ2n) is 7.11. The third-order valence-electron chi connectivity index (χ3n) is 5.02. The van der Waals surface area contributed by atoms with E-state index in [9.17, 15) is 9.59 Å². The number of ether oxygens (including phenoxy) is 3. The van der Waals surface area contributed by atoms with Crippen molar-refractivity contribution >= 4 is 11.9 Å². The molecule has 6 nitrogen and oxygen atoms in total. The minimum Gasteiger partial charge on any atom is -0.494 e. The molecule has 2 aliphatic heterocycles. The highest BCUT2D eigenvalue weighted by Crippen LogP contribution is 2.35. The van der Waals surface area contributed by atoms with Gasteiger partial charge in [0.1, 0.15) is 17.6 Å². The first kappa shape index (κ1) is 18.3. The van der Waals surface area contributed by atoms with Gasteiger partial charge < -0.3 is 19.5 Å². The van der Waals surface area contributed by atoms with E-state index in [-0.39, 0.29) is 18.6 Å². The molecule has 2 atom stereocenters. The molecule has 1 amide bonds. The van der Waals surface area contributed by atoms with Crippen molar-refractivity contribution in [1.82, 2.24) is 5.32 Å². The van der Waals surface area contributed by atoms with E-state index in [4.69, 9.17) is 14.2 Å². The van der Waals surface area contributed by atoms with E-state index in [0.717, 1.165) is 34.6 Å². The van der Waals surface area contributed by atoms with Crippen LogP contribution in [-0.2, 0) is 28.9 Å². The minimum atomic E-state index is -0.830. The van der Waals surface area contributed by atoms with Gasteiger partial charge in [0.05, 0.1) is 12.2 Å². The number of carbonyl (C=O) groups excluding carboxylic acids is 2. The summed E-state index contributed by atoms with van der Waals surface area (Å²) in [4.78, 5) is 24.8. The number of nitrogens with one attached hydrogen (secondary N) is 1. The van der Waals surface area contributed by atoms with Gasteiger partial charge >= 0.3 is 5.97 Å². The summed E-state index contributed by atoms with van der Waals surface area (Å²) < 4.78 is 16.9. The highest BCUT2D eigenvalue weighted by atomic mass is 16.5. The van der Waals surface area contributed by atoms with Gasteiger partial charge in [0.25, 0.3) is 5.91 Å². The van der Waals surface area contributed by atoms with Crippen molar-refractivity contribution in [3.05, 3.63) is 58.7 Å². The molecule has 0 aromatic heterocycles. The van der Waals surface area contributed by atoms with Gasteiger partial charge in [-0.1, -0.05) is 18.2 Å². The van der Waals surface area contributed by atoms with Crippen LogP contribution in [0.1, 0.15) is 40.9 Å². The lowest BCUT2D eigenvalue weighted by molar-refractivity contribution is -0.130. The van der Waals surface area contributed by atoms with Crippen LogP contribution >= 0.6 is 0 Å². The summed E-state index contributed by atoms with van der Waals surface area (Å²) in [7, 11) is 0. The van der Waals surface area contributed by atoms with E-state index in [1.54, 1.807) is 12.1 Å². The SMILES string of the molecule is CCOc1cc2c(cc1CNC(=O)[C@@H]1Cc3ccccc3C(=O)O1)O[C@@H](C)C2. The Hall–Kier alpha value is -3.02. The number of cyclic esters (lactones) is 1. The number of amides is 1. The molecule has 0 unspecified atom stereocenters. The first-order valence-corrected chi connectivity index (χ1v) is 9.57. The molecule has 1 N–H and O–H groups in total. The predicted octanol–water partition coefficient (Wildman–Crippen LogP) is 2.81. The standard InChI is InChI=1S/C22H23NO5/c1-3-26-18-10-15-8-13(2)27-19(15)11-16(18)12-23-21(24)20-9-14-6-4-5-7-17(14)22(25)28-20/h4-7,10-11,13,20H,3,8-9,12H2,1-2H3,(H,23,24)/t13-,20-/m0/s1. The lowest BCUT2D eigenvalue weighted by atomic mass is 9.98.